The van der Waals surface area contributed by atoms with Crippen molar-refractivity contribution < 1.29 is 80.2 Å². The maximum atomic E-state index is 12.9. The summed E-state index contributed by atoms with van der Waals surface area (Å²) >= 11 is 0. The van der Waals surface area contributed by atoms with E-state index in [1.807, 2.05) is 0 Å². The van der Waals surface area contributed by atoms with Crippen LogP contribution in [-0.2, 0) is 65.4 Å². The fourth-order valence-electron chi connectivity index (χ4n) is 9.46. The fraction of sp³-hybridized carbons (Fsp3) is 0.937. The van der Waals surface area contributed by atoms with E-state index in [0.29, 0.717) is 25.7 Å². The molecule has 0 aliphatic carbocycles. The summed E-state index contributed by atoms with van der Waals surface area (Å²) in [6.45, 7) is 4.76. The van der Waals surface area contributed by atoms with Crippen LogP contribution in [0.2, 0.25) is 0 Å². The van der Waals surface area contributed by atoms with Crippen LogP contribution in [0.4, 0.5) is 0 Å². The Morgan fingerprint density at radius 1 is 0.293 bits per heavy atom. The number of aliphatic hydroxyl groups is 1. The Bertz CT molecular complexity index is 1590. The Morgan fingerprint density at radius 2 is 0.488 bits per heavy atom. The number of esters is 4. The number of carbonyl (C=O) groups excluding carboxylic acids is 4. The number of phosphoric ester groups is 2. The Labute approximate surface area is 498 Å². The summed E-state index contributed by atoms with van der Waals surface area (Å²) in [4.78, 5) is 71.7. The molecule has 0 fully saturated rings. The van der Waals surface area contributed by atoms with Gasteiger partial charge in [0.2, 0.25) is 0 Å². The number of rotatable bonds is 64. The third kappa shape index (κ3) is 57.2. The first-order valence-electron chi connectivity index (χ1n) is 33.3. The van der Waals surface area contributed by atoms with Crippen LogP contribution in [0.25, 0.3) is 0 Å². The molecule has 0 amide bonds. The van der Waals surface area contributed by atoms with Gasteiger partial charge >= 0.3 is 39.5 Å². The molecule has 0 bridgehead atoms. The van der Waals surface area contributed by atoms with Crippen molar-refractivity contribution in [1.82, 2.24) is 0 Å². The second-order valence-corrected chi connectivity index (χ2v) is 25.7. The molecular weight excluding hydrogens is 1090 g/mol. The van der Waals surface area contributed by atoms with Crippen molar-refractivity contribution >= 4 is 39.5 Å². The van der Waals surface area contributed by atoms with Crippen molar-refractivity contribution in [3.05, 3.63) is 0 Å². The first-order valence-corrected chi connectivity index (χ1v) is 36.3. The SMILES string of the molecule is CCCCCCCCCCCCCCCCCCCCCCCC(=O)O[C@H](COC(=O)CCCCCCCCC)COP(=O)(O)OC[C@@H](O)COP(=O)(O)OC[C@@H](COC(=O)CCCCCCCCC)OC(=O)CCCCCCCCC. The summed E-state index contributed by atoms with van der Waals surface area (Å²) < 4.78 is 67.6. The third-order valence-corrected chi connectivity index (χ3v) is 16.5. The molecule has 0 aromatic rings. The minimum atomic E-state index is -4.94. The van der Waals surface area contributed by atoms with Gasteiger partial charge in [0.25, 0.3) is 0 Å². The van der Waals surface area contributed by atoms with Gasteiger partial charge in [0, 0.05) is 25.7 Å². The van der Waals surface area contributed by atoms with E-state index in [1.165, 1.54) is 116 Å². The Morgan fingerprint density at radius 3 is 0.720 bits per heavy atom. The summed E-state index contributed by atoms with van der Waals surface area (Å²) in [6, 6.07) is 0. The molecule has 3 N–H and O–H groups in total. The maximum absolute atomic E-state index is 12.9. The van der Waals surface area contributed by atoms with Gasteiger partial charge in [-0.05, 0) is 25.7 Å². The molecule has 0 heterocycles. The van der Waals surface area contributed by atoms with Gasteiger partial charge in [0.15, 0.2) is 12.2 Å². The van der Waals surface area contributed by atoms with Crippen LogP contribution in [0, 0.1) is 0 Å². The summed E-state index contributed by atoms with van der Waals surface area (Å²) in [5, 5.41) is 10.5. The number of unbranched alkanes of at least 4 members (excludes halogenated alkanes) is 38. The molecule has 0 rings (SSSR count). The third-order valence-electron chi connectivity index (χ3n) is 14.6. The second kappa shape index (κ2) is 58.1. The van der Waals surface area contributed by atoms with Crippen LogP contribution in [0.1, 0.15) is 323 Å². The monoisotopic (exact) mass is 1210 g/mol. The zero-order valence-electron chi connectivity index (χ0n) is 52.5. The predicted molar refractivity (Wildman–Crippen MR) is 326 cm³/mol. The molecule has 0 aliphatic heterocycles. The van der Waals surface area contributed by atoms with E-state index in [2.05, 4.69) is 27.7 Å². The van der Waals surface area contributed by atoms with Gasteiger partial charge in [-0.25, -0.2) is 9.13 Å². The maximum Gasteiger partial charge on any atom is 0.472 e. The van der Waals surface area contributed by atoms with Gasteiger partial charge in [-0.1, -0.05) is 272 Å². The second-order valence-electron chi connectivity index (χ2n) is 22.8. The fourth-order valence-corrected chi connectivity index (χ4v) is 11.0. The molecule has 0 aromatic heterocycles. The van der Waals surface area contributed by atoms with Crippen molar-refractivity contribution in [3.63, 3.8) is 0 Å². The number of carbonyl (C=O) groups is 4. The van der Waals surface area contributed by atoms with Crippen LogP contribution in [-0.4, -0.2) is 96.7 Å². The van der Waals surface area contributed by atoms with Crippen molar-refractivity contribution in [1.29, 1.82) is 0 Å². The largest absolute Gasteiger partial charge is 0.472 e. The van der Waals surface area contributed by atoms with E-state index in [4.69, 9.17) is 37.0 Å². The van der Waals surface area contributed by atoms with Crippen LogP contribution >= 0.6 is 15.6 Å². The molecular formula is C63H122O17P2. The van der Waals surface area contributed by atoms with E-state index in [-0.39, 0.29) is 25.7 Å². The number of hydrogen-bond acceptors (Lipinski definition) is 15. The molecule has 0 saturated heterocycles. The predicted octanol–water partition coefficient (Wildman–Crippen LogP) is 17.5. The van der Waals surface area contributed by atoms with Gasteiger partial charge in [0.1, 0.15) is 19.3 Å². The Balaban J connectivity index is 5.00. The summed E-state index contributed by atoms with van der Waals surface area (Å²) in [5.74, 6) is -2.15. The Hall–Kier alpha value is -1.94. The van der Waals surface area contributed by atoms with E-state index in [9.17, 15) is 43.2 Å². The summed E-state index contributed by atoms with van der Waals surface area (Å²) in [5.41, 5.74) is 0. The van der Waals surface area contributed by atoms with Crippen LogP contribution in [0.5, 0.6) is 0 Å². The van der Waals surface area contributed by atoms with E-state index >= 15 is 0 Å². The quantitative estimate of drug-likeness (QED) is 0.0222. The van der Waals surface area contributed by atoms with Crippen molar-refractivity contribution in [2.75, 3.05) is 39.6 Å². The Kier molecular flexibility index (Phi) is 56.7. The average molecular weight is 1210 g/mol. The topological polar surface area (TPSA) is 237 Å². The highest BCUT2D eigenvalue weighted by atomic mass is 31.2. The smallest absolute Gasteiger partial charge is 0.462 e. The summed E-state index contributed by atoms with van der Waals surface area (Å²) in [6.07, 6.45) is 43.7. The normalized spacial score (nSPS) is 14.2. The molecule has 5 atom stereocenters. The molecule has 0 aromatic carbocycles. The zero-order chi connectivity index (χ0) is 60.5. The lowest BCUT2D eigenvalue weighted by Gasteiger charge is -2.21. The van der Waals surface area contributed by atoms with E-state index < -0.39 is 97.5 Å². The van der Waals surface area contributed by atoms with Crippen molar-refractivity contribution in [2.24, 2.45) is 0 Å². The average Bonchev–Trinajstić information content (AvgIpc) is 3.47. The number of aliphatic hydroxyl groups excluding tert-OH is 1. The molecule has 486 valence electrons. The molecule has 0 spiro atoms. The minimum absolute atomic E-state index is 0.104. The lowest BCUT2D eigenvalue weighted by Crippen LogP contribution is -2.30. The highest BCUT2D eigenvalue weighted by molar-refractivity contribution is 7.47. The molecule has 82 heavy (non-hydrogen) atoms. The zero-order valence-corrected chi connectivity index (χ0v) is 54.2. The first kappa shape index (κ1) is 80.1. The lowest BCUT2D eigenvalue weighted by molar-refractivity contribution is -0.161. The van der Waals surface area contributed by atoms with Gasteiger partial charge in [-0.2, -0.15) is 0 Å². The van der Waals surface area contributed by atoms with Crippen LogP contribution in [0.3, 0.4) is 0 Å². The number of hydrogen-bond donors (Lipinski definition) is 3. The van der Waals surface area contributed by atoms with Gasteiger partial charge < -0.3 is 33.8 Å². The molecule has 0 radical (unpaired) electrons. The van der Waals surface area contributed by atoms with Crippen molar-refractivity contribution in [3.8, 4) is 0 Å². The molecule has 19 heteroatoms. The molecule has 0 saturated carbocycles. The summed E-state index contributed by atoms with van der Waals surface area (Å²) in [7, 11) is -9.87. The first-order chi connectivity index (χ1) is 39.7. The van der Waals surface area contributed by atoms with Gasteiger partial charge in [0.05, 0.1) is 26.4 Å². The van der Waals surface area contributed by atoms with Crippen LogP contribution in [0.15, 0.2) is 0 Å². The van der Waals surface area contributed by atoms with E-state index in [1.54, 1.807) is 0 Å². The van der Waals surface area contributed by atoms with Crippen LogP contribution < -0.4 is 0 Å². The molecule has 2 unspecified atom stereocenters. The molecule has 17 nitrogen and oxygen atoms in total. The molecule has 0 aliphatic rings. The highest BCUT2D eigenvalue weighted by Gasteiger charge is 2.30. The lowest BCUT2D eigenvalue weighted by atomic mass is 10.0. The van der Waals surface area contributed by atoms with Gasteiger partial charge in [-0.15, -0.1) is 0 Å². The van der Waals surface area contributed by atoms with E-state index in [0.717, 1.165) is 128 Å². The standard InChI is InChI=1S/C63H122O17P2/c1-5-9-13-17-21-22-23-24-25-26-27-28-29-30-31-32-33-34-38-42-46-50-63(68)80-59(54-74-61(66)48-44-40-36-19-15-11-7-3)56-78-82(71,72)76-52-57(64)51-75-81(69,70)77-55-58(79-62(67)49-45-41-37-20-16-12-8-4)53-73-60(65)47-43-39-35-18-14-10-6-2/h57-59,64H,5-56H2,1-4H3,(H,69,70)(H,71,72)/t57-,58+,59+/m0/s1. The number of phosphoric acid groups is 2. The van der Waals surface area contributed by atoms with Crippen molar-refractivity contribution in [2.45, 2.75) is 341 Å². The highest BCUT2D eigenvalue weighted by Crippen LogP contribution is 2.45. The number of ether oxygens (including phenoxy) is 4. The minimum Gasteiger partial charge on any atom is -0.462 e. The van der Waals surface area contributed by atoms with Gasteiger partial charge in [-0.3, -0.25) is 37.3 Å².